The van der Waals surface area contributed by atoms with Crippen molar-refractivity contribution in [3.05, 3.63) is 53.0 Å². The number of aromatic nitrogens is 4. The van der Waals surface area contributed by atoms with Crippen LogP contribution >= 0.6 is 11.6 Å². The fourth-order valence-corrected chi connectivity index (χ4v) is 2.60. The van der Waals surface area contributed by atoms with Crippen LogP contribution in [0.15, 0.2) is 35.2 Å². The fourth-order valence-electron chi connectivity index (χ4n) is 2.45. The molecule has 0 radical (unpaired) electrons. The molecule has 27 heavy (non-hydrogen) atoms. The second kappa shape index (κ2) is 8.09. The first-order valence-corrected chi connectivity index (χ1v) is 8.64. The van der Waals surface area contributed by atoms with Crippen molar-refractivity contribution in [2.45, 2.75) is 26.4 Å². The molecule has 2 N–H and O–H groups in total. The van der Waals surface area contributed by atoms with Crippen LogP contribution in [-0.4, -0.2) is 31.4 Å². The Morgan fingerprint density at radius 3 is 2.78 bits per heavy atom. The van der Waals surface area contributed by atoms with Crippen molar-refractivity contribution in [2.24, 2.45) is 7.05 Å². The third-order valence-electron chi connectivity index (χ3n) is 3.78. The van der Waals surface area contributed by atoms with Gasteiger partial charge in [-0.25, -0.2) is 0 Å². The fraction of sp³-hybridized carbons (Fsp3) is 0.294. The lowest BCUT2D eigenvalue weighted by molar-refractivity contribution is -0.116. The standard InChI is InChI=1S/C17H19ClN6O3/c1-11-13(18)9-24(21-11)6-5-15(25)20-14-10-23(2)22-16(14)17(26)19-8-12-4-3-7-27-12/h3-4,7,9-10H,5-6,8H2,1-2H3,(H,19,26)(H,20,25). The van der Waals surface area contributed by atoms with E-state index in [0.29, 0.717) is 28.7 Å². The molecule has 142 valence electrons. The lowest BCUT2D eigenvalue weighted by atomic mass is 10.3. The van der Waals surface area contributed by atoms with Crippen molar-refractivity contribution in [3.8, 4) is 0 Å². The molecule has 3 aromatic rings. The first kappa shape index (κ1) is 18.7. The predicted octanol–water partition coefficient (Wildman–Crippen LogP) is 2.13. The number of nitrogens with one attached hydrogen (secondary N) is 2. The van der Waals surface area contributed by atoms with Gasteiger partial charge in [0.25, 0.3) is 5.91 Å². The Morgan fingerprint density at radius 1 is 1.30 bits per heavy atom. The molecule has 0 saturated carbocycles. The number of anilines is 1. The number of aryl methyl sites for hydroxylation is 3. The minimum Gasteiger partial charge on any atom is -0.467 e. The van der Waals surface area contributed by atoms with E-state index in [1.807, 2.05) is 0 Å². The Kier molecular flexibility index (Phi) is 5.60. The molecule has 0 saturated heterocycles. The van der Waals surface area contributed by atoms with Gasteiger partial charge in [0.05, 0.1) is 29.2 Å². The first-order valence-electron chi connectivity index (χ1n) is 8.26. The highest BCUT2D eigenvalue weighted by molar-refractivity contribution is 6.31. The third-order valence-corrected chi connectivity index (χ3v) is 4.15. The molecule has 0 unspecified atom stereocenters. The van der Waals surface area contributed by atoms with Crippen molar-refractivity contribution in [2.75, 3.05) is 5.32 Å². The maximum Gasteiger partial charge on any atom is 0.274 e. The molecule has 10 heteroatoms. The summed E-state index contributed by atoms with van der Waals surface area (Å²) < 4.78 is 8.25. The molecule has 3 rings (SSSR count). The van der Waals surface area contributed by atoms with Crippen LogP contribution in [0.25, 0.3) is 0 Å². The summed E-state index contributed by atoms with van der Waals surface area (Å²) in [6, 6.07) is 3.49. The highest BCUT2D eigenvalue weighted by Gasteiger charge is 2.18. The van der Waals surface area contributed by atoms with Crippen molar-refractivity contribution < 1.29 is 14.0 Å². The number of furan rings is 1. The average molecular weight is 391 g/mol. The number of carbonyl (C=O) groups is 2. The summed E-state index contributed by atoms with van der Waals surface area (Å²) >= 11 is 5.95. The van der Waals surface area contributed by atoms with E-state index in [-0.39, 0.29) is 24.6 Å². The maximum atomic E-state index is 12.4. The predicted molar refractivity (Wildman–Crippen MR) is 98.3 cm³/mol. The van der Waals surface area contributed by atoms with Gasteiger partial charge in [-0.3, -0.25) is 19.0 Å². The summed E-state index contributed by atoms with van der Waals surface area (Å²) in [5.41, 5.74) is 1.18. The molecule has 0 aliphatic carbocycles. The second-order valence-electron chi connectivity index (χ2n) is 5.95. The van der Waals surface area contributed by atoms with E-state index >= 15 is 0 Å². The van der Waals surface area contributed by atoms with Crippen LogP contribution in [0.3, 0.4) is 0 Å². The Balaban J connectivity index is 1.59. The molecule has 0 aromatic carbocycles. The van der Waals surface area contributed by atoms with Crippen LogP contribution in [0.2, 0.25) is 5.02 Å². The molecule has 9 nitrogen and oxygen atoms in total. The van der Waals surface area contributed by atoms with Gasteiger partial charge in [-0.15, -0.1) is 0 Å². The van der Waals surface area contributed by atoms with E-state index in [9.17, 15) is 9.59 Å². The van der Waals surface area contributed by atoms with E-state index < -0.39 is 5.91 Å². The van der Waals surface area contributed by atoms with Gasteiger partial charge in [-0.1, -0.05) is 11.6 Å². The van der Waals surface area contributed by atoms with Crippen LogP contribution in [0.4, 0.5) is 5.69 Å². The summed E-state index contributed by atoms with van der Waals surface area (Å²) in [5, 5.41) is 14.3. The van der Waals surface area contributed by atoms with Gasteiger partial charge in [0, 0.05) is 32.4 Å². The largest absolute Gasteiger partial charge is 0.467 e. The molecule has 0 fully saturated rings. The molecular formula is C17H19ClN6O3. The number of amides is 2. The summed E-state index contributed by atoms with van der Waals surface area (Å²) in [6.45, 7) is 2.40. The summed E-state index contributed by atoms with van der Waals surface area (Å²) in [4.78, 5) is 24.6. The molecule has 0 aliphatic heterocycles. The second-order valence-corrected chi connectivity index (χ2v) is 6.36. The minimum absolute atomic E-state index is 0.135. The number of halogens is 1. The lowest BCUT2D eigenvalue weighted by Crippen LogP contribution is -2.25. The molecule has 3 heterocycles. The highest BCUT2D eigenvalue weighted by atomic mass is 35.5. The van der Waals surface area contributed by atoms with E-state index in [1.54, 1.807) is 43.2 Å². The number of nitrogens with zero attached hydrogens (tertiary/aromatic N) is 4. The van der Waals surface area contributed by atoms with Gasteiger partial charge in [0.1, 0.15) is 5.76 Å². The topological polar surface area (TPSA) is 107 Å². The van der Waals surface area contributed by atoms with Crippen molar-refractivity contribution in [1.29, 1.82) is 0 Å². The van der Waals surface area contributed by atoms with Gasteiger partial charge in [-0.2, -0.15) is 10.2 Å². The minimum atomic E-state index is -0.406. The molecular weight excluding hydrogens is 372 g/mol. The van der Waals surface area contributed by atoms with Gasteiger partial charge in [0.15, 0.2) is 5.69 Å². The van der Waals surface area contributed by atoms with Crippen molar-refractivity contribution in [1.82, 2.24) is 24.9 Å². The zero-order valence-corrected chi connectivity index (χ0v) is 15.7. The SMILES string of the molecule is Cc1nn(CCC(=O)Nc2cn(C)nc2C(=O)NCc2ccco2)cc1Cl. The monoisotopic (exact) mass is 390 g/mol. The van der Waals surface area contributed by atoms with Crippen LogP contribution < -0.4 is 10.6 Å². The Labute approximate surface area is 160 Å². The summed E-state index contributed by atoms with van der Waals surface area (Å²) in [7, 11) is 1.67. The first-order chi connectivity index (χ1) is 12.9. The molecule has 0 atom stereocenters. The van der Waals surface area contributed by atoms with E-state index in [0.717, 1.165) is 0 Å². The van der Waals surface area contributed by atoms with E-state index in [4.69, 9.17) is 16.0 Å². The quantitative estimate of drug-likeness (QED) is 0.642. The molecule has 3 aromatic heterocycles. The Bertz CT molecular complexity index is 925. The normalized spacial score (nSPS) is 10.8. The summed E-state index contributed by atoms with van der Waals surface area (Å²) in [6.07, 6.45) is 4.96. The molecule has 0 spiro atoms. The maximum absolute atomic E-state index is 12.4. The average Bonchev–Trinajstić information content (AvgIpc) is 3.33. The van der Waals surface area contributed by atoms with Crippen LogP contribution in [0.5, 0.6) is 0 Å². The molecule has 2 amide bonds. The zero-order valence-electron chi connectivity index (χ0n) is 14.9. The van der Waals surface area contributed by atoms with Gasteiger partial charge >= 0.3 is 0 Å². The number of hydrogen-bond donors (Lipinski definition) is 2. The molecule has 0 bridgehead atoms. The lowest BCUT2D eigenvalue weighted by Gasteiger charge is -2.06. The van der Waals surface area contributed by atoms with Crippen LogP contribution in [0.1, 0.15) is 28.4 Å². The van der Waals surface area contributed by atoms with Crippen LogP contribution in [-0.2, 0) is 24.9 Å². The Hall–Kier alpha value is -3.07. The third kappa shape index (κ3) is 4.76. The van der Waals surface area contributed by atoms with E-state index in [2.05, 4.69) is 20.8 Å². The van der Waals surface area contributed by atoms with E-state index in [1.165, 1.54) is 10.9 Å². The van der Waals surface area contributed by atoms with Gasteiger partial charge in [0.2, 0.25) is 5.91 Å². The van der Waals surface area contributed by atoms with Crippen molar-refractivity contribution >= 4 is 29.1 Å². The summed E-state index contributed by atoms with van der Waals surface area (Å²) in [5.74, 6) is -0.0396. The zero-order chi connectivity index (χ0) is 19.4. The smallest absolute Gasteiger partial charge is 0.274 e. The highest BCUT2D eigenvalue weighted by Crippen LogP contribution is 2.15. The number of hydrogen-bond acceptors (Lipinski definition) is 5. The molecule has 0 aliphatic rings. The number of rotatable bonds is 7. The Morgan fingerprint density at radius 2 is 2.11 bits per heavy atom. The van der Waals surface area contributed by atoms with Crippen molar-refractivity contribution in [3.63, 3.8) is 0 Å². The van der Waals surface area contributed by atoms with Gasteiger partial charge < -0.3 is 15.1 Å². The number of carbonyl (C=O) groups excluding carboxylic acids is 2. The van der Waals surface area contributed by atoms with Crippen LogP contribution in [0, 0.1) is 6.92 Å². The van der Waals surface area contributed by atoms with Gasteiger partial charge in [-0.05, 0) is 19.1 Å².